The van der Waals surface area contributed by atoms with Crippen molar-refractivity contribution in [3.05, 3.63) is 59.0 Å². The van der Waals surface area contributed by atoms with Gasteiger partial charge in [-0.3, -0.25) is 4.79 Å². The molecule has 0 aliphatic carbocycles. The highest BCUT2D eigenvalue weighted by Gasteiger charge is 2.12. The smallest absolute Gasteiger partial charge is 0.228 e. The quantitative estimate of drug-likeness (QED) is 0.697. The number of aryl methyl sites for hydroxylation is 2. The van der Waals surface area contributed by atoms with Gasteiger partial charge in [0.05, 0.1) is 0 Å². The molecule has 0 saturated heterocycles. The van der Waals surface area contributed by atoms with Gasteiger partial charge in [-0.1, -0.05) is 23.8 Å². The lowest BCUT2D eigenvalue weighted by atomic mass is 10.1. The third kappa shape index (κ3) is 1.99. The van der Waals surface area contributed by atoms with E-state index >= 15 is 0 Å². The minimum absolute atomic E-state index is 0.0631. The molecular formula is C13H12O2. The highest BCUT2D eigenvalue weighted by atomic mass is 16.3. The van der Waals surface area contributed by atoms with Crippen molar-refractivity contribution in [2.45, 2.75) is 13.8 Å². The molecule has 1 heterocycles. The van der Waals surface area contributed by atoms with Crippen molar-refractivity contribution < 1.29 is 9.21 Å². The third-order valence-electron chi connectivity index (χ3n) is 2.24. The summed E-state index contributed by atoms with van der Waals surface area (Å²) in [4.78, 5) is 11.9. The Hall–Kier alpha value is -1.83. The summed E-state index contributed by atoms with van der Waals surface area (Å²) < 4.78 is 5.29. The molecule has 2 nitrogen and oxygen atoms in total. The Labute approximate surface area is 88.5 Å². The molecular weight excluding hydrogens is 188 g/mol. The fourth-order valence-electron chi connectivity index (χ4n) is 1.49. The first kappa shape index (κ1) is 9.71. The van der Waals surface area contributed by atoms with Crippen LogP contribution in [0.15, 0.2) is 40.8 Å². The first-order valence-electron chi connectivity index (χ1n) is 4.84. The number of rotatable bonds is 2. The van der Waals surface area contributed by atoms with E-state index in [0.29, 0.717) is 11.3 Å². The number of hydrogen-bond donors (Lipinski definition) is 0. The topological polar surface area (TPSA) is 30.2 Å². The summed E-state index contributed by atoms with van der Waals surface area (Å²) in [6.45, 7) is 3.79. The van der Waals surface area contributed by atoms with Crippen molar-refractivity contribution in [1.29, 1.82) is 0 Å². The fourth-order valence-corrected chi connectivity index (χ4v) is 1.49. The predicted molar refractivity (Wildman–Crippen MR) is 58.1 cm³/mol. The summed E-state index contributed by atoms with van der Waals surface area (Å²) >= 11 is 0. The van der Waals surface area contributed by atoms with Crippen molar-refractivity contribution in [2.75, 3.05) is 0 Å². The van der Waals surface area contributed by atoms with Gasteiger partial charge in [0, 0.05) is 5.56 Å². The number of carbonyl (C=O) groups is 1. The van der Waals surface area contributed by atoms with E-state index in [1.807, 2.05) is 32.0 Å². The summed E-state index contributed by atoms with van der Waals surface area (Å²) in [6.07, 6.45) is 0. The van der Waals surface area contributed by atoms with E-state index < -0.39 is 0 Å². The van der Waals surface area contributed by atoms with Crippen LogP contribution in [0.5, 0.6) is 0 Å². The Bertz CT molecular complexity index is 495. The van der Waals surface area contributed by atoms with Crippen molar-refractivity contribution in [3.8, 4) is 0 Å². The molecule has 1 aromatic carbocycles. The molecule has 0 unspecified atom stereocenters. The van der Waals surface area contributed by atoms with Gasteiger partial charge < -0.3 is 4.42 Å². The zero-order valence-corrected chi connectivity index (χ0v) is 8.78. The molecule has 0 amide bonds. The van der Waals surface area contributed by atoms with Crippen LogP contribution >= 0.6 is 0 Å². The van der Waals surface area contributed by atoms with Gasteiger partial charge in [0.15, 0.2) is 5.76 Å². The van der Waals surface area contributed by atoms with Gasteiger partial charge in [-0.25, -0.2) is 0 Å². The molecule has 2 heteroatoms. The van der Waals surface area contributed by atoms with E-state index in [4.69, 9.17) is 4.42 Å². The Morgan fingerprint density at radius 3 is 2.53 bits per heavy atom. The van der Waals surface area contributed by atoms with Gasteiger partial charge in [0.2, 0.25) is 5.78 Å². The maximum Gasteiger partial charge on any atom is 0.228 e. The van der Waals surface area contributed by atoms with Crippen LogP contribution in [0.3, 0.4) is 0 Å². The zero-order valence-electron chi connectivity index (χ0n) is 8.78. The summed E-state index contributed by atoms with van der Waals surface area (Å²) in [6, 6.07) is 11.0. The Kier molecular flexibility index (Phi) is 2.42. The van der Waals surface area contributed by atoms with Crippen molar-refractivity contribution >= 4 is 5.78 Å². The van der Waals surface area contributed by atoms with Gasteiger partial charge in [-0.2, -0.15) is 0 Å². The lowest BCUT2D eigenvalue weighted by Crippen LogP contribution is -1.99. The lowest BCUT2D eigenvalue weighted by Gasteiger charge is -1.98. The van der Waals surface area contributed by atoms with Crippen LogP contribution in [0.2, 0.25) is 0 Å². The molecule has 0 fully saturated rings. The number of hydrogen-bond acceptors (Lipinski definition) is 2. The second-order valence-corrected chi connectivity index (χ2v) is 3.61. The minimum Gasteiger partial charge on any atom is -0.458 e. The molecule has 0 radical (unpaired) electrons. The molecule has 76 valence electrons. The molecule has 0 atom stereocenters. The van der Waals surface area contributed by atoms with Crippen LogP contribution in [0.25, 0.3) is 0 Å². The number of carbonyl (C=O) groups excluding carboxylic acids is 1. The van der Waals surface area contributed by atoms with E-state index in [1.165, 1.54) is 0 Å². The summed E-state index contributed by atoms with van der Waals surface area (Å²) in [5.41, 5.74) is 1.74. The van der Waals surface area contributed by atoms with Crippen molar-refractivity contribution in [1.82, 2.24) is 0 Å². The standard InChI is InChI=1S/C13H12O2/c1-9-4-3-5-11(8-9)13(14)12-7-6-10(2)15-12/h3-8H,1-2H3. The Balaban J connectivity index is 2.36. The number of benzene rings is 1. The third-order valence-corrected chi connectivity index (χ3v) is 2.24. The maximum absolute atomic E-state index is 11.9. The average Bonchev–Trinajstić information content (AvgIpc) is 2.64. The molecule has 15 heavy (non-hydrogen) atoms. The van der Waals surface area contributed by atoms with Gasteiger partial charge >= 0.3 is 0 Å². The molecule has 2 aromatic rings. The van der Waals surface area contributed by atoms with E-state index in [9.17, 15) is 4.79 Å². The van der Waals surface area contributed by atoms with Crippen LogP contribution in [0.4, 0.5) is 0 Å². The molecule has 0 N–H and O–H groups in total. The maximum atomic E-state index is 11.9. The van der Waals surface area contributed by atoms with Crippen molar-refractivity contribution in [3.63, 3.8) is 0 Å². The van der Waals surface area contributed by atoms with Gasteiger partial charge in [-0.15, -0.1) is 0 Å². The predicted octanol–water partition coefficient (Wildman–Crippen LogP) is 3.13. The second-order valence-electron chi connectivity index (χ2n) is 3.61. The van der Waals surface area contributed by atoms with E-state index in [0.717, 1.165) is 11.3 Å². The Morgan fingerprint density at radius 1 is 1.13 bits per heavy atom. The molecule has 0 aliphatic heterocycles. The minimum atomic E-state index is -0.0631. The van der Waals surface area contributed by atoms with Crippen LogP contribution in [0, 0.1) is 13.8 Å². The summed E-state index contributed by atoms with van der Waals surface area (Å²) in [7, 11) is 0. The van der Waals surface area contributed by atoms with Crippen LogP contribution in [-0.2, 0) is 0 Å². The van der Waals surface area contributed by atoms with E-state index in [2.05, 4.69) is 0 Å². The monoisotopic (exact) mass is 200 g/mol. The van der Waals surface area contributed by atoms with Crippen LogP contribution in [0.1, 0.15) is 27.4 Å². The number of ketones is 1. The molecule has 0 spiro atoms. The summed E-state index contributed by atoms with van der Waals surface area (Å²) in [5, 5.41) is 0. The van der Waals surface area contributed by atoms with Crippen LogP contribution in [-0.4, -0.2) is 5.78 Å². The SMILES string of the molecule is Cc1cccc(C(=O)c2ccc(C)o2)c1. The molecule has 0 bridgehead atoms. The summed E-state index contributed by atoms with van der Waals surface area (Å²) in [5.74, 6) is 1.09. The first-order valence-corrected chi connectivity index (χ1v) is 4.84. The highest BCUT2D eigenvalue weighted by Crippen LogP contribution is 2.13. The zero-order chi connectivity index (χ0) is 10.8. The Morgan fingerprint density at radius 2 is 1.93 bits per heavy atom. The average molecular weight is 200 g/mol. The molecule has 0 aliphatic rings. The van der Waals surface area contributed by atoms with E-state index in [-0.39, 0.29) is 5.78 Å². The molecule has 1 aromatic heterocycles. The van der Waals surface area contributed by atoms with E-state index in [1.54, 1.807) is 18.2 Å². The first-order chi connectivity index (χ1) is 7.16. The molecule has 0 saturated carbocycles. The van der Waals surface area contributed by atoms with Crippen LogP contribution < -0.4 is 0 Å². The van der Waals surface area contributed by atoms with Gasteiger partial charge in [0.25, 0.3) is 0 Å². The van der Waals surface area contributed by atoms with Gasteiger partial charge in [-0.05, 0) is 32.0 Å². The van der Waals surface area contributed by atoms with Crippen molar-refractivity contribution in [2.24, 2.45) is 0 Å². The normalized spacial score (nSPS) is 10.3. The second kappa shape index (κ2) is 3.73. The fraction of sp³-hybridized carbons (Fsp3) is 0.154. The lowest BCUT2D eigenvalue weighted by molar-refractivity contribution is 0.101. The largest absolute Gasteiger partial charge is 0.458 e. The number of furan rings is 1. The molecule has 2 rings (SSSR count). The highest BCUT2D eigenvalue weighted by molar-refractivity contribution is 6.07. The van der Waals surface area contributed by atoms with Gasteiger partial charge in [0.1, 0.15) is 5.76 Å².